The van der Waals surface area contributed by atoms with Crippen molar-refractivity contribution >= 4 is 34.4 Å². The minimum absolute atomic E-state index is 0.0829. The molecule has 0 amide bonds. The van der Waals surface area contributed by atoms with Gasteiger partial charge in [-0.2, -0.15) is 11.3 Å². The van der Waals surface area contributed by atoms with E-state index in [4.69, 9.17) is 4.74 Å². The van der Waals surface area contributed by atoms with Crippen LogP contribution in [0, 0.1) is 17.8 Å². The van der Waals surface area contributed by atoms with E-state index < -0.39 is 0 Å². The third kappa shape index (κ3) is 3.17. The molecule has 0 N–H and O–H groups in total. The van der Waals surface area contributed by atoms with E-state index in [0.717, 1.165) is 35.5 Å². The largest absolute Gasteiger partial charge is 0.459 e. The predicted molar refractivity (Wildman–Crippen MR) is 93.8 cm³/mol. The molecule has 126 valence electrons. The van der Waals surface area contributed by atoms with Gasteiger partial charge in [-0.3, -0.25) is 9.59 Å². The Morgan fingerprint density at radius 1 is 1.25 bits per heavy atom. The van der Waals surface area contributed by atoms with Gasteiger partial charge >= 0.3 is 5.97 Å². The zero-order chi connectivity index (χ0) is 16.5. The molecule has 0 aliphatic heterocycles. The second-order valence-corrected chi connectivity index (χ2v) is 8.30. The first-order valence-electron chi connectivity index (χ1n) is 8.38. The van der Waals surface area contributed by atoms with E-state index in [1.54, 1.807) is 22.7 Å². The number of aromatic nitrogens is 1. The topological polar surface area (TPSA) is 56.3 Å². The van der Waals surface area contributed by atoms with E-state index in [2.05, 4.69) is 10.4 Å². The van der Waals surface area contributed by atoms with Gasteiger partial charge in [-0.1, -0.05) is 6.42 Å². The van der Waals surface area contributed by atoms with Crippen LogP contribution in [0.2, 0.25) is 0 Å². The number of fused-ring (bicyclic) bond motifs is 2. The molecule has 2 saturated carbocycles. The van der Waals surface area contributed by atoms with Crippen molar-refractivity contribution in [2.45, 2.75) is 38.7 Å². The highest BCUT2D eigenvalue weighted by Gasteiger charge is 2.41. The number of rotatable bonds is 4. The Labute approximate surface area is 148 Å². The van der Waals surface area contributed by atoms with Crippen LogP contribution in [0.5, 0.6) is 0 Å². The summed E-state index contributed by atoms with van der Waals surface area (Å²) in [5, 5.41) is 6.99. The first kappa shape index (κ1) is 16.0. The minimum atomic E-state index is -0.163. The molecule has 0 aromatic carbocycles. The maximum absolute atomic E-state index is 12.4. The van der Waals surface area contributed by atoms with Gasteiger partial charge in [-0.25, -0.2) is 4.98 Å². The number of carbonyl (C=O) groups excluding carboxylic acids is 2. The number of hydrogen-bond acceptors (Lipinski definition) is 6. The van der Waals surface area contributed by atoms with Crippen molar-refractivity contribution in [3.63, 3.8) is 0 Å². The monoisotopic (exact) mass is 361 g/mol. The van der Waals surface area contributed by atoms with Gasteiger partial charge in [0.2, 0.25) is 0 Å². The van der Waals surface area contributed by atoms with Gasteiger partial charge < -0.3 is 4.74 Å². The fraction of sp³-hybridized carbons (Fsp3) is 0.500. The molecule has 2 aliphatic rings. The van der Waals surface area contributed by atoms with Crippen LogP contribution in [-0.2, 0) is 20.9 Å². The van der Waals surface area contributed by atoms with Crippen molar-refractivity contribution in [1.82, 2.24) is 4.98 Å². The van der Waals surface area contributed by atoms with Crippen molar-refractivity contribution in [2.75, 3.05) is 0 Å². The molecule has 2 bridgehead atoms. The van der Waals surface area contributed by atoms with Crippen molar-refractivity contribution in [3.05, 3.63) is 27.9 Å². The summed E-state index contributed by atoms with van der Waals surface area (Å²) in [6, 6.07) is 2.04. The second-order valence-electron chi connectivity index (χ2n) is 6.66. The van der Waals surface area contributed by atoms with Crippen LogP contribution >= 0.6 is 22.7 Å². The second kappa shape index (κ2) is 6.76. The van der Waals surface area contributed by atoms with Gasteiger partial charge in [0, 0.05) is 28.2 Å². The SMILES string of the molecule is O=C(OCc1csc(-c2ccsc2)n1)C1C[C@H]2CCC[C@@H](C1)C2=O. The zero-order valence-electron chi connectivity index (χ0n) is 13.3. The lowest BCUT2D eigenvalue weighted by Crippen LogP contribution is -2.39. The summed E-state index contributed by atoms with van der Waals surface area (Å²) in [5.74, 6) is 0.265. The average Bonchev–Trinajstić information content (AvgIpc) is 3.23. The lowest BCUT2D eigenvalue weighted by molar-refractivity contribution is -0.154. The van der Waals surface area contributed by atoms with Gasteiger partial charge in [0.25, 0.3) is 0 Å². The molecule has 0 spiro atoms. The summed E-state index contributed by atoms with van der Waals surface area (Å²) >= 11 is 3.21. The van der Waals surface area contributed by atoms with E-state index in [1.165, 1.54) is 0 Å². The van der Waals surface area contributed by atoms with E-state index in [1.807, 2.05) is 16.8 Å². The molecule has 0 radical (unpaired) electrons. The first-order valence-corrected chi connectivity index (χ1v) is 10.2. The van der Waals surface area contributed by atoms with Crippen LogP contribution in [0.4, 0.5) is 0 Å². The van der Waals surface area contributed by atoms with Crippen LogP contribution in [0.25, 0.3) is 10.6 Å². The molecule has 24 heavy (non-hydrogen) atoms. The number of ether oxygens (including phenoxy) is 1. The maximum atomic E-state index is 12.4. The summed E-state index contributed by atoms with van der Waals surface area (Å²) in [6.45, 7) is 0.221. The molecule has 3 atom stereocenters. The quantitative estimate of drug-likeness (QED) is 0.762. The number of esters is 1. The summed E-state index contributed by atoms with van der Waals surface area (Å²) in [4.78, 5) is 29.0. The summed E-state index contributed by atoms with van der Waals surface area (Å²) in [7, 11) is 0. The molecule has 2 aromatic rings. The Hall–Kier alpha value is -1.53. The van der Waals surface area contributed by atoms with Gasteiger partial charge in [-0.15, -0.1) is 11.3 Å². The van der Waals surface area contributed by atoms with Crippen molar-refractivity contribution in [3.8, 4) is 10.6 Å². The van der Waals surface area contributed by atoms with Gasteiger partial charge in [0.15, 0.2) is 0 Å². The standard InChI is InChI=1S/C18H19NO3S2/c20-16-11-2-1-3-12(16)7-14(6-11)18(21)22-8-15-10-24-17(19-15)13-4-5-23-9-13/h4-5,9-12,14H,1-3,6-8H2/t11-,12+,14?. The molecule has 2 heterocycles. The fourth-order valence-corrected chi connectivity index (χ4v) is 5.34. The highest BCUT2D eigenvalue weighted by molar-refractivity contribution is 7.14. The van der Waals surface area contributed by atoms with E-state index in [9.17, 15) is 9.59 Å². The Kier molecular flexibility index (Phi) is 4.50. The number of carbonyl (C=O) groups is 2. The van der Waals surface area contributed by atoms with Crippen LogP contribution in [0.3, 0.4) is 0 Å². The Balaban J connectivity index is 1.34. The number of Topliss-reactive ketones (excluding diaryl/α,β-unsaturated/α-hetero) is 1. The van der Waals surface area contributed by atoms with Gasteiger partial charge in [0.05, 0.1) is 11.6 Å². The minimum Gasteiger partial charge on any atom is -0.459 e. The van der Waals surface area contributed by atoms with Crippen molar-refractivity contribution in [1.29, 1.82) is 0 Å². The molecule has 0 saturated heterocycles. The summed E-state index contributed by atoms with van der Waals surface area (Å²) in [6.07, 6.45) is 4.34. The maximum Gasteiger partial charge on any atom is 0.309 e. The van der Waals surface area contributed by atoms with Crippen LogP contribution in [0.1, 0.15) is 37.8 Å². The molecular weight excluding hydrogens is 342 g/mol. The molecule has 2 aromatic heterocycles. The van der Waals surface area contributed by atoms with Crippen molar-refractivity contribution in [2.24, 2.45) is 17.8 Å². The van der Waals surface area contributed by atoms with E-state index in [-0.39, 0.29) is 30.3 Å². The number of ketones is 1. The highest BCUT2D eigenvalue weighted by atomic mass is 32.1. The highest BCUT2D eigenvalue weighted by Crippen LogP contribution is 2.40. The lowest BCUT2D eigenvalue weighted by atomic mass is 9.67. The zero-order valence-corrected chi connectivity index (χ0v) is 14.9. The Bertz CT molecular complexity index is 721. The van der Waals surface area contributed by atoms with Gasteiger partial charge in [0.1, 0.15) is 17.4 Å². The molecular formula is C18H19NO3S2. The third-order valence-electron chi connectivity index (χ3n) is 5.06. The van der Waals surface area contributed by atoms with E-state index >= 15 is 0 Å². The molecule has 4 rings (SSSR count). The molecule has 2 aliphatic carbocycles. The lowest BCUT2D eigenvalue weighted by Gasteiger charge is -2.36. The third-order valence-corrected chi connectivity index (χ3v) is 6.69. The predicted octanol–water partition coefficient (Wildman–Crippen LogP) is 4.31. The molecule has 6 heteroatoms. The number of hydrogen-bond donors (Lipinski definition) is 0. The van der Waals surface area contributed by atoms with Crippen LogP contribution in [-0.4, -0.2) is 16.7 Å². The van der Waals surface area contributed by atoms with Gasteiger partial charge in [-0.05, 0) is 37.1 Å². The molecule has 4 nitrogen and oxygen atoms in total. The fourth-order valence-electron chi connectivity index (χ4n) is 3.83. The molecule has 2 fully saturated rings. The Morgan fingerprint density at radius 3 is 2.75 bits per heavy atom. The average molecular weight is 361 g/mol. The van der Waals surface area contributed by atoms with Crippen LogP contribution in [0.15, 0.2) is 22.2 Å². The smallest absolute Gasteiger partial charge is 0.309 e. The normalized spacial score (nSPS) is 26.3. The first-order chi connectivity index (χ1) is 11.7. The Morgan fingerprint density at radius 2 is 2.04 bits per heavy atom. The summed E-state index contributed by atoms with van der Waals surface area (Å²) in [5.41, 5.74) is 1.91. The molecule has 1 unspecified atom stereocenters. The van der Waals surface area contributed by atoms with E-state index in [0.29, 0.717) is 18.6 Å². The number of thiophene rings is 1. The van der Waals surface area contributed by atoms with Crippen LogP contribution < -0.4 is 0 Å². The number of nitrogens with zero attached hydrogens (tertiary/aromatic N) is 1. The number of thiazole rings is 1. The summed E-state index contributed by atoms with van der Waals surface area (Å²) < 4.78 is 5.50. The van der Waals surface area contributed by atoms with Crippen molar-refractivity contribution < 1.29 is 14.3 Å².